The molecule has 1 rings (SSSR count). The molecule has 0 saturated carbocycles. The van der Waals surface area contributed by atoms with Crippen molar-refractivity contribution in [2.75, 3.05) is 6.54 Å². The fraction of sp³-hybridized carbons (Fsp3) is 0.588. The number of carbonyl (C=O) groups excluding carboxylic acids is 1. The maximum absolute atomic E-state index is 12.3. The third-order valence-corrected chi connectivity index (χ3v) is 3.29. The lowest BCUT2D eigenvalue weighted by molar-refractivity contribution is -0.126. The molecule has 112 valence electrons. The summed E-state index contributed by atoms with van der Waals surface area (Å²) in [5.74, 6) is -0.0286. The fourth-order valence-electron chi connectivity index (χ4n) is 2.40. The smallest absolute Gasteiger partial charge is 0.224 e. The van der Waals surface area contributed by atoms with Gasteiger partial charge in [-0.15, -0.1) is 0 Å². The van der Waals surface area contributed by atoms with Gasteiger partial charge in [-0.25, -0.2) is 0 Å². The molecule has 1 aromatic rings. The molecule has 0 bridgehead atoms. The highest BCUT2D eigenvalue weighted by Crippen LogP contribution is 2.24. The first-order valence-corrected chi connectivity index (χ1v) is 7.36. The van der Waals surface area contributed by atoms with Crippen molar-refractivity contribution in [3.8, 4) is 0 Å². The van der Waals surface area contributed by atoms with E-state index in [1.807, 2.05) is 25.1 Å². The summed E-state index contributed by atoms with van der Waals surface area (Å²) in [7, 11) is 0. The molecule has 0 heterocycles. The van der Waals surface area contributed by atoms with Gasteiger partial charge in [0.05, 0.1) is 5.92 Å². The van der Waals surface area contributed by atoms with Crippen LogP contribution in [0.15, 0.2) is 30.3 Å². The van der Waals surface area contributed by atoms with E-state index in [4.69, 9.17) is 5.73 Å². The second-order valence-electron chi connectivity index (χ2n) is 6.80. The Morgan fingerprint density at radius 3 is 2.35 bits per heavy atom. The summed E-state index contributed by atoms with van der Waals surface area (Å²) in [5.41, 5.74) is 7.10. The normalized spacial score (nSPS) is 14.7. The second kappa shape index (κ2) is 7.44. The Kier molecular flexibility index (Phi) is 6.21. The van der Waals surface area contributed by atoms with Crippen molar-refractivity contribution in [3.05, 3.63) is 35.9 Å². The van der Waals surface area contributed by atoms with Gasteiger partial charge < -0.3 is 11.1 Å². The molecule has 0 fully saturated rings. The van der Waals surface area contributed by atoms with Crippen LogP contribution in [0.2, 0.25) is 0 Å². The van der Waals surface area contributed by atoms with Crippen LogP contribution >= 0.6 is 0 Å². The number of hydrogen-bond donors (Lipinski definition) is 2. The van der Waals surface area contributed by atoms with E-state index in [1.54, 1.807) is 0 Å². The lowest BCUT2D eigenvalue weighted by Gasteiger charge is -2.25. The molecule has 0 aliphatic carbocycles. The van der Waals surface area contributed by atoms with Crippen LogP contribution in [0.3, 0.4) is 0 Å². The summed E-state index contributed by atoms with van der Waals surface area (Å²) in [6.07, 6.45) is 1.66. The lowest BCUT2D eigenvalue weighted by atomic mass is 9.84. The van der Waals surface area contributed by atoms with Gasteiger partial charge in [0.2, 0.25) is 5.91 Å². The zero-order valence-electron chi connectivity index (χ0n) is 13.1. The second-order valence-corrected chi connectivity index (χ2v) is 6.80. The zero-order chi connectivity index (χ0) is 15.2. The zero-order valence-corrected chi connectivity index (χ0v) is 13.1. The van der Waals surface area contributed by atoms with Gasteiger partial charge in [0.15, 0.2) is 0 Å². The Balaban J connectivity index is 2.51. The average Bonchev–Trinajstić information content (AvgIpc) is 2.35. The molecule has 3 heteroatoms. The first-order valence-electron chi connectivity index (χ1n) is 7.36. The van der Waals surface area contributed by atoms with Gasteiger partial charge in [-0.1, -0.05) is 51.1 Å². The van der Waals surface area contributed by atoms with Crippen LogP contribution in [0.5, 0.6) is 0 Å². The number of amides is 1. The van der Waals surface area contributed by atoms with E-state index in [0.29, 0.717) is 6.54 Å². The molecule has 0 saturated heterocycles. The topological polar surface area (TPSA) is 55.1 Å². The van der Waals surface area contributed by atoms with Gasteiger partial charge >= 0.3 is 0 Å². The summed E-state index contributed by atoms with van der Waals surface area (Å²) >= 11 is 0. The van der Waals surface area contributed by atoms with Crippen LogP contribution < -0.4 is 11.1 Å². The van der Waals surface area contributed by atoms with Gasteiger partial charge in [-0.05, 0) is 30.7 Å². The highest BCUT2D eigenvalue weighted by atomic mass is 16.1. The predicted octanol–water partition coefficient (Wildman–Crippen LogP) is 2.74. The molecule has 0 aliphatic heterocycles. The summed E-state index contributed by atoms with van der Waals surface area (Å²) in [6.45, 7) is 8.85. The highest BCUT2D eigenvalue weighted by Gasteiger charge is 2.24. The molecular weight excluding hydrogens is 248 g/mol. The van der Waals surface area contributed by atoms with Crippen LogP contribution in [0.1, 0.15) is 39.7 Å². The minimum Gasteiger partial charge on any atom is -0.353 e. The first-order chi connectivity index (χ1) is 9.31. The van der Waals surface area contributed by atoms with E-state index < -0.39 is 0 Å². The Morgan fingerprint density at radius 2 is 1.85 bits per heavy atom. The SMILES string of the molecule is CC(Cc1ccccc1)NC(=O)C(CN)CC(C)(C)C. The monoisotopic (exact) mass is 276 g/mol. The molecule has 0 aromatic heterocycles. The van der Waals surface area contributed by atoms with E-state index in [2.05, 4.69) is 38.2 Å². The number of rotatable bonds is 6. The molecule has 1 aromatic carbocycles. The largest absolute Gasteiger partial charge is 0.353 e. The quantitative estimate of drug-likeness (QED) is 0.839. The van der Waals surface area contributed by atoms with E-state index in [9.17, 15) is 4.79 Å². The molecule has 3 N–H and O–H groups in total. The van der Waals surface area contributed by atoms with Crippen molar-refractivity contribution in [2.24, 2.45) is 17.1 Å². The Labute approximate surface area is 122 Å². The molecule has 0 aliphatic rings. The van der Waals surface area contributed by atoms with E-state index >= 15 is 0 Å². The minimum atomic E-state index is -0.103. The maximum atomic E-state index is 12.3. The Hall–Kier alpha value is -1.35. The van der Waals surface area contributed by atoms with Crippen LogP contribution in [0.4, 0.5) is 0 Å². The van der Waals surface area contributed by atoms with E-state index in [1.165, 1.54) is 5.56 Å². The van der Waals surface area contributed by atoms with Crippen LogP contribution in [-0.2, 0) is 11.2 Å². The molecular formula is C17H28N2O. The first kappa shape index (κ1) is 16.7. The number of benzene rings is 1. The van der Waals surface area contributed by atoms with E-state index in [0.717, 1.165) is 12.8 Å². The van der Waals surface area contributed by atoms with Crippen molar-refractivity contribution < 1.29 is 4.79 Å². The fourth-order valence-corrected chi connectivity index (χ4v) is 2.40. The summed E-state index contributed by atoms with van der Waals surface area (Å²) in [4.78, 5) is 12.3. The number of hydrogen-bond acceptors (Lipinski definition) is 2. The average molecular weight is 276 g/mol. The minimum absolute atomic E-state index is 0.0749. The van der Waals surface area contributed by atoms with Crippen molar-refractivity contribution in [2.45, 2.75) is 46.6 Å². The van der Waals surface area contributed by atoms with Crippen LogP contribution in [0, 0.1) is 11.3 Å². The van der Waals surface area contributed by atoms with Gasteiger partial charge in [-0.2, -0.15) is 0 Å². The molecule has 1 amide bonds. The molecule has 20 heavy (non-hydrogen) atoms. The highest BCUT2D eigenvalue weighted by molar-refractivity contribution is 5.79. The number of nitrogens with one attached hydrogen (secondary N) is 1. The number of carbonyl (C=O) groups is 1. The van der Waals surface area contributed by atoms with Crippen LogP contribution in [0.25, 0.3) is 0 Å². The number of nitrogens with two attached hydrogens (primary N) is 1. The van der Waals surface area contributed by atoms with Gasteiger partial charge in [-0.3, -0.25) is 4.79 Å². The molecule has 2 atom stereocenters. The van der Waals surface area contributed by atoms with Crippen molar-refractivity contribution in [1.82, 2.24) is 5.32 Å². The van der Waals surface area contributed by atoms with Gasteiger partial charge in [0, 0.05) is 12.6 Å². The predicted molar refractivity (Wildman–Crippen MR) is 84.4 cm³/mol. The van der Waals surface area contributed by atoms with E-state index in [-0.39, 0.29) is 23.3 Å². The standard InChI is InChI=1S/C17H28N2O/c1-13(10-14-8-6-5-7-9-14)19-16(20)15(12-18)11-17(2,3)4/h5-9,13,15H,10-12,18H2,1-4H3,(H,19,20). The third-order valence-electron chi connectivity index (χ3n) is 3.29. The Morgan fingerprint density at radius 1 is 1.25 bits per heavy atom. The van der Waals surface area contributed by atoms with Gasteiger partial charge in [0.1, 0.15) is 0 Å². The lowest BCUT2D eigenvalue weighted by Crippen LogP contribution is -2.42. The van der Waals surface area contributed by atoms with Crippen LogP contribution in [-0.4, -0.2) is 18.5 Å². The van der Waals surface area contributed by atoms with Crippen molar-refractivity contribution in [3.63, 3.8) is 0 Å². The van der Waals surface area contributed by atoms with Crippen molar-refractivity contribution in [1.29, 1.82) is 0 Å². The summed E-state index contributed by atoms with van der Waals surface area (Å²) in [5, 5.41) is 3.08. The summed E-state index contributed by atoms with van der Waals surface area (Å²) < 4.78 is 0. The summed E-state index contributed by atoms with van der Waals surface area (Å²) in [6, 6.07) is 10.3. The maximum Gasteiger partial charge on any atom is 0.224 e. The molecule has 3 nitrogen and oxygen atoms in total. The molecule has 0 radical (unpaired) electrons. The molecule has 2 unspecified atom stereocenters. The Bertz CT molecular complexity index is 409. The van der Waals surface area contributed by atoms with Gasteiger partial charge in [0.25, 0.3) is 0 Å². The van der Waals surface area contributed by atoms with Crippen molar-refractivity contribution >= 4 is 5.91 Å². The molecule has 0 spiro atoms. The third kappa shape index (κ3) is 6.20.